The molecule has 1 heterocycles. The van der Waals surface area contributed by atoms with E-state index in [2.05, 4.69) is 9.72 Å². The minimum Gasteiger partial charge on any atom is -0.465 e. The van der Waals surface area contributed by atoms with Crippen molar-refractivity contribution in [1.82, 2.24) is 4.98 Å². The molecule has 0 aliphatic heterocycles. The number of nitrogens with zero attached hydrogens (tertiary/aromatic N) is 1. The molecule has 0 aliphatic carbocycles. The molecule has 14 heavy (non-hydrogen) atoms. The van der Waals surface area contributed by atoms with Crippen molar-refractivity contribution in [2.75, 3.05) is 7.11 Å². The van der Waals surface area contributed by atoms with Crippen molar-refractivity contribution in [2.45, 2.75) is 19.8 Å². The third-order valence-electron chi connectivity index (χ3n) is 1.93. The van der Waals surface area contributed by atoms with Crippen LogP contribution in [0.2, 0.25) is 5.02 Å². The summed E-state index contributed by atoms with van der Waals surface area (Å²) in [5.74, 6) is -0.218. The minimum absolute atomic E-state index is 0.236. The standard InChI is InChI=1S/C10H12ClNO2/c1-6(2)7-4-12-5-8(9(7)11)10(13)14-3/h4-6H,1-3H3. The van der Waals surface area contributed by atoms with Crippen molar-refractivity contribution in [3.63, 3.8) is 0 Å². The zero-order valence-electron chi connectivity index (χ0n) is 8.37. The number of rotatable bonds is 2. The molecule has 1 aromatic heterocycles. The number of ether oxygens (including phenoxy) is 1. The van der Waals surface area contributed by atoms with Crippen LogP contribution in [0.1, 0.15) is 35.7 Å². The molecule has 3 nitrogen and oxygen atoms in total. The maximum Gasteiger partial charge on any atom is 0.340 e. The highest BCUT2D eigenvalue weighted by atomic mass is 35.5. The summed E-state index contributed by atoms with van der Waals surface area (Å²) < 4.78 is 4.59. The third-order valence-corrected chi connectivity index (χ3v) is 2.36. The average Bonchev–Trinajstić information content (AvgIpc) is 2.16. The van der Waals surface area contributed by atoms with E-state index in [-0.39, 0.29) is 5.92 Å². The fraction of sp³-hybridized carbons (Fsp3) is 0.400. The fourth-order valence-electron chi connectivity index (χ4n) is 1.12. The van der Waals surface area contributed by atoms with Crippen molar-refractivity contribution < 1.29 is 9.53 Å². The van der Waals surface area contributed by atoms with Gasteiger partial charge in [0.2, 0.25) is 0 Å². The number of esters is 1. The minimum atomic E-state index is -0.454. The summed E-state index contributed by atoms with van der Waals surface area (Å²) in [6.45, 7) is 3.98. The van der Waals surface area contributed by atoms with Crippen LogP contribution in [0.5, 0.6) is 0 Å². The molecule has 0 saturated carbocycles. The van der Waals surface area contributed by atoms with E-state index < -0.39 is 5.97 Å². The van der Waals surface area contributed by atoms with Gasteiger partial charge in [0.25, 0.3) is 0 Å². The van der Waals surface area contributed by atoms with Gasteiger partial charge in [-0.2, -0.15) is 0 Å². The second-order valence-corrected chi connectivity index (χ2v) is 3.61. The smallest absolute Gasteiger partial charge is 0.340 e. The average molecular weight is 214 g/mol. The third kappa shape index (κ3) is 2.04. The van der Waals surface area contributed by atoms with Crippen LogP contribution in [-0.4, -0.2) is 18.1 Å². The molecule has 1 rings (SSSR count). The summed E-state index contributed by atoms with van der Waals surface area (Å²) in [4.78, 5) is 15.2. The first-order chi connectivity index (χ1) is 6.57. The van der Waals surface area contributed by atoms with E-state index in [1.54, 1.807) is 6.20 Å². The molecule has 0 saturated heterocycles. The van der Waals surface area contributed by atoms with Crippen molar-refractivity contribution in [3.8, 4) is 0 Å². The Hall–Kier alpha value is -1.09. The Morgan fingerprint density at radius 2 is 2.14 bits per heavy atom. The maximum absolute atomic E-state index is 11.3. The van der Waals surface area contributed by atoms with E-state index >= 15 is 0 Å². The lowest BCUT2D eigenvalue weighted by Crippen LogP contribution is -2.05. The van der Waals surface area contributed by atoms with E-state index in [4.69, 9.17) is 11.6 Å². The molecule has 0 amide bonds. The molecular weight excluding hydrogens is 202 g/mol. The second kappa shape index (κ2) is 4.42. The summed E-state index contributed by atoms with van der Waals surface area (Å²) in [6.07, 6.45) is 3.08. The highest BCUT2D eigenvalue weighted by Gasteiger charge is 2.15. The second-order valence-electron chi connectivity index (χ2n) is 3.24. The van der Waals surface area contributed by atoms with Gasteiger partial charge in [-0.05, 0) is 11.5 Å². The van der Waals surface area contributed by atoms with Crippen LogP contribution in [-0.2, 0) is 4.74 Å². The molecule has 0 bridgehead atoms. The van der Waals surface area contributed by atoms with Gasteiger partial charge in [-0.25, -0.2) is 4.79 Å². The predicted molar refractivity (Wildman–Crippen MR) is 54.7 cm³/mol. The Balaban J connectivity index is 3.20. The summed E-state index contributed by atoms with van der Waals surface area (Å²) in [6, 6.07) is 0. The summed E-state index contributed by atoms with van der Waals surface area (Å²) in [5.41, 5.74) is 1.18. The molecule has 1 aromatic rings. The Kier molecular flexibility index (Phi) is 3.47. The van der Waals surface area contributed by atoms with Crippen LogP contribution in [0, 0.1) is 0 Å². The van der Waals surface area contributed by atoms with Crippen LogP contribution >= 0.6 is 11.6 Å². The normalized spacial score (nSPS) is 10.4. The molecule has 0 N–H and O–H groups in total. The number of methoxy groups -OCH3 is 1. The summed E-state index contributed by atoms with van der Waals surface area (Å²) in [5, 5.41) is 0.432. The lowest BCUT2D eigenvalue weighted by molar-refractivity contribution is 0.0600. The Labute approximate surface area is 88.1 Å². The van der Waals surface area contributed by atoms with E-state index in [1.807, 2.05) is 13.8 Å². The van der Waals surface area contributed by atoms with E-state index in [1.165, 1.54) is 13.3 Å². The molecule has 0 unspecified atom stereocenters. The van der Waals surface area contributed by atoms with E-state index in [0.717, 1.165) is 5.56 Å². The molecule has 76 valence electrons. The van der Waals surface area contributed by atoms with E-state index in [0.29, 0.717) is 10.6 Å². The van der Waals surface area contributed by atoms with Gasteiger partial charge in [0.1, 0.15) is 0 Å². The number of carbonyl (C=O) groups is 1. The van der Waals surface area contributed by atoms with Crippen LogP contribution in [0.15, 0.2) is 12.4 Å². The number of aromatic nitrogens is 1. The molecule has 4 heteroatoms. The lowest BCUT2D eigenvalue weighted by Gasteiger charge is -2.09. The zero-order valence-corrected chi connectivity index (χ0v) is 9.13. The highest BCUT2D eigenvalue weighted by Crippen LogP contribution is 2.26. The highest BCUT2D eigenvalue weighted by molar-refractivity contribution is 6.34. The van der Waals surface area contributed by atoms with Crippen LogP contribution < -0.4 is 0 Å². The number of hydrogen-bond donors (Lipinski definition) is 0. The van der Waals surface area contributed by atoms with Gasteiger partial charge in [-0.3, -0.25) is 4.98 Å². The first kappa shape index (κ1) is 11.0. The van der Waals surface area contributed by atoms with Gasteiger partial charge in [0, 0.05) is 12.4 Å². The maximum atomic E-state index is 11.3. The number of pyridine rings is 1. The number of halogens is 1. The topological polar surface area (TPSA) is 39.2 Å². The van der Waals surface area contributed by atoms with Crippen LogP contribution in [0.25, 0.3) is 0 Å². The van der Waals surface area contributed by atoms with E-state index in [9.17, 15) is 4.79 Å². The summed E-state index contributed by atoms with van der Waals surface area (Å²) >= 11 is 6.04. The van der Waals surface area contributed by atoms with Crippen molar-refractivity contribution in [1.29, 1.82) is 0 Å². The summed E-state index contributed by atoms with van der Waals surface area (Å²) in [7, 11) is 1.32. The van der Waals surface area contributed by atoms with Crippen LogP contribution in [0.4, 0.5) is 0 Å². The van der Waals surface area contributed by atoms with Crippen molar-refractivity contribution >= 4 is 17.6 Å². The molecular formula is C10H12ClNO2. The van der Waals surface area contributed by atoms with Gasteiger partial charge < -0.3 is 4.74 Å². The number of carbonyl (C=O) groups excluding carboxylic acids is 1. The molecule has 0 spiro atoms. The Bertz CT molecular complexity index is 350. The van der Waals surface area contributed by atoms with Crippen molar-refractivity contribution in [2.24, 2.45) is 0 Å². The van der Waals surface area contributed by atoms with Gasteiger partial charge >= 0.3 is 5.97 Å². The quantitative estimate of drug-likeness (QED) is 0.709. The molecule has 0 fully saturated rings. The Morgan fingerprint density at radius 3 is 2.64 bits per heavy atom. The van der Waals surface area contributed by atoms with Gasteiger partial charge in [0.15, 0.2) is 0 Å². The first-order valence-corrected chi connectivity index (χ1v) is 4.67. The largest absolute Gasteiger partial charge is 0.465 e. The predicted octanol–water partition coefficient (Wildman–Crippen LogP) is 2.65. The Morgan fingerprint density at radius 1 is 1.50 bits per heavy atom. The molecule has 0 aliphatic rings. The van der Waals surface area contributed by atoms with Gasteiger partial charge in [0.05, 0.1) is 17.7 Å². The fourth-order valence-corrected chi connectivity index (χ4v) is 1.51. The number of hydrogen-bond acceptors (Lipinski definition) is 3. The van der Waals surface area contributed by atoms with Gasteiger partial charge in [-0.1, -0.05) is 25.4 Å². The molecule has 0 aromatic carbocycles. The first-order valence-electron chi connectivity index (χ1n) is 4.29. The zero-order chi connectivity index (χ0) is 10.7. The van der Waals surface area contributed by atoms with Crippen LogP contribution in [0.3, 0.4) is 0 Å². The monoisotopic (exact) mass is 213 g/mol. The lowest BCUT2D eigenvalue weighted by atomic mass is 10.0. The molecule has 0 radical (unpaired) electrons. The van der Waals surface area contributed by atoms with Gasteiger partial charge in [-0.15, -0.1) is 0 Å². The van der Waals surface area contributed by atoms with Crippen molar-refractivity contribution in [3.05, 3.63) is 28.5 Å². The molecule has 0 atom stereocenters. The SMILES string of the molecule is COC(=O)c1cncc(C(C)C)c1Cl.